The first-order valence-corrected chi connectivity index (χ1v) is 7.70. The minimum absolute atomic E-state index is 0.113. The van der Waals surface area contributed by atoms with Crippen molar-refractivity contribution >= 4 is 21.6 Å². The van der Waals surface area contributed by atoms with Gasteiger partial charge in [0.05, 0.1) is 4.47 Å². The summed E-state index contributed by atoms with van der Waals surface area (Å²) in [5.74, 6) is -0.237. The molecule has 0 spiro atoms. The normalized spacial score (nSPS) is 12.5. The fraction of sp³-hybridized carbons (Fsp3) is 0.294. The maximum absolute atomic E-state index is 13.3. The molecule has 2 aromatic carbocycles. The molecule has 1 atom stereocenters. The van der Waals surface area contributed by atoms with E-state index in [2.05, 4.69) is 71.4 Å². The third-order valence-corrected chi connectivity index (χ3v) is 3.89. The van der Waals surface area contributed by atoms with Crippen molar-refractivity contribution in [2.75, 3.05) is 19.4 Å². The maximum Gasteiger partial charge on any atom is 0.137 e. The van der Waals surface area contributed by atoms with E-state index in [0.29, 0.717) is 4.47 Å². The van der Waals surface area contributed by atoms with Crippen LogP contribution in [0.2, 0.25) is 0 Å². The van der Waals surface area contributed by atoms with Gasteiger partial charge in [-0.2, -0.15) is 0 Å². The second-order valence-electron chi connectivity index (χ2n) is 5.47. The van der Waals surface area contributed by atoms with Crippen molar-refractivity contribution in [1.29, 1.82) is 0 Å². The van der Waals surface area contributed by atoms with Gasteiger partial charge in [-0.15, -0.1) is 0 Å². The lowest BCUT2D eigenvalue weighted by Gasteiger charge is -2.17. The Hall–Kier alpha value is -1.39. The van der Waals surface area contributed by atoms with Crippen LogP contribution in [-0.2, 0) is 6.54 Å². The lowest BCUT2D eigenvalue weighted by molar-refractivity contribution is 0.402. The van der Waals surface area contributed by atoms with Crippen LogP contribution in [0.15, 0.2) is 46.9 Å². The summed E-state index contributed by atoms with van der Waals surface area (Å²) in [5.41, 5.74) is 3.38. The van der Waals surface area contributed by atoms with E-state index in [9.17, 15) is 4.39 Å². The van der Waals surface area contributed by atoms with Crippen molar-refractivity contribution in [3.05, 3.63) is 63.9 Å². The highest BCUT2D eigenvalue weighted by atomic mass is 79.9. The number of anilines is 1. The monoisotopic (exact) mass is 350 g/mol. The zero-order valence-electron chi connectivity index (χ0n) is 12.5. The van der Waals surface area contributed by atoms with Crippen molar-refractivity contribution in [1.82, 2.24) is 4.90 Å². The van der Waals surface area contributed by atoms with Crippen LogP contribution in [0, 0.1) is 5.82 Å². The van der Waals surface area contributed by atoms with Crippen molar-refractivity contribution < 1.29 is 4.39 Å². The van der Waals surface area contributed by atoms with Gasteiger partial charge in [-0.1, -0.05) is 18.2 Å². The molecule has 0 aliphatic rings. The van der Waals surface area contributed by atoms with E-state index in [-0.39, 0.29) is 11.9 Å². The minimum Gasteiger partial charge on any atom is -0.379 e. The Morgan fingerprint density at radius 2 is 1.81 bits per heavy atom. The first-order valence-electron chi connectivity index (χ1n) is 6.91. The van der Waals surface area contributed by atoms with Gasteiger partial charge in [0.15, 0.2) is 0 Å². The molecule has 2 nitrogen and oxygen atoms in total. The summed E-state index contributed by atoms with van der Waals surface area (Å²) in [4.78, 5) is 2.14. The Balaban J connectivity index is 2.04. The molecule has 0 heterocycles. The summed E-state index contributed by atoms with van der Waals surface area (Å²) in [6, 6.07) is 13.6. The second-order valence-corrected chi connectivity index (χ2v) is 6.33. The topological polar surface area (TPSA) is 15.3 Å². The van der Waals surface area contributed by atoms with E-state index in [0.717, 1.165) is 17.8 Å². The lowest BCUT2D eigenvalue weighted by Crippen LogP contribution is -2.11. The van der Waals surface area contributed by atoms with Gasteiger partial charge in [-0.3, -0.25) is 0 Å². The SMILES string of the molecule is CC(Nc1ccc(CN(C)C)cc1)c1ccc(F)c(Br)c1. The highest BCUT2D eigenvalue weighted by molar-refractivity contribution is 9.10. The number of nitrogens with zero attached hydrogens (tertiary/aromatic N) is 1. The predicted molar refractivity (Wildman–Crippen MR) is 90.0 cm³/mol. The van der Waals surface area contributed by atoms with Crippen molar-refractivity contribution in [2.45, 2.75) is 19.5 Å². The largest absolute Gasteiger partial charge is 0.379 e. The van der Waals surface area contributed by atoms with Crippen molar-refractivity contribution in [3.63, 3.8) is 0 Å². The number of halogens is 2. The molecule has 0 aliphatic carbocycles. The first kappa shape index (κ1) is 16.0. The summed E-state index contributed by atoms with van der Waals surface area (Å²) in [6.07, 6.45) is 0. The van der Waals surface area contributed by atoms with Crippen LogP contribution < -0.4 is 5.32 Å². The van der Waals surface area contributed by atoms with E-state index in [1.54, 1.807) is 6.07 Å². The molecule has 2 rings (SSSR count). The zero-order valence-corrected chi connectivity index (χ0v) is 14.1. The predicted octanol–water partition coefficient (Wildman–Crippen LogP) is 4.82. The standard InChI is InChI=1S/C17H20BrFN2/c1-12(14-6-9-17(19)16(18)10-14)20-15-7-4-13(5-8-15)11-21(2)3/h4-10,12,20H,11H2,1-3H3. The molecular formula is C17H20BrFN2. The van der Waals surface area contributed by atoms with E-state index >= 15 is 0 Å². The van der Waals surface area contributed by atoms with Gasteiger partial charge in [0.25, 0.3) is 0 Å². The average Bonchev–Trinajstić information content (AvgIpc) is 2.43. The first-order chi connectivity index (χ1) is 9.95. The molecule has 2 aromatic rings. The molecule has 0 aromatic heterocycles. The third kappa shape index (κ3) is 4.55. The van der Waals surface area contributed by atoms with Crippen molar-refractivity contribution in [3.8, 4) is 0 Å². The van der Waals surface area contributed by atoms with Crippen LogP contribution in [-0.4, -0.2) is 19.0 Å². The molecule has 0 amide bonds. The molecule has 112 valence electrons. The van der Waals surface area contributed by atoms with Crippen LogP contribution in [0.5, 0.6) is 0 Å². The third-order valence-electron chi connectivity index (χ3n) is 3.28. The molecule has 0 saturated heterocycles. The van der Waals surface area contributed by atoms with Crippen LogP contribution >= 0.6 is 15.9 Å². The number of rotatable bonds is 5. The molecule has 0 radical (unpaired) electrons. The smallest absolute Gasteiger partial charge is 0.137 e. The molecule has 4 heteroatoms. The summed E-state index contributed by atoms with van der Waals surface area (Å²) >= 11 is 3.22. The molecule has 21 heavy (non-hydrogen) atoms. The maximum atomic E-state index is 13.3. The Kier molecular flexibility index (Phi) is 5.37. The number of nitrogens with one attached hydrogen (secondary N) is 1. The Morgan fingerprint density at radius 1 is 1.14 bits per heavy atom. The van der Waals surface area contributed by atoms with Gasteiger partial charge in [-0.05, 0) is 72.3 Å². The van der Waals surface area contributed by atoms with Crippen LogP contribution in [0.25, 0.3) is 0 Å². The molecule has 0 fully saturated rings. The Morgan fingerprint density at radius 3 is 2.38 bits per heavy atom. The minimum atomic E-state index is -0.237. The summed E-state index contributed by atoms with van der Waals surface area (Å²) in [7, 11) is 4.11. The highest BCUT2D eigenvalue weighted by Crippen LogP contribution is 2.24. The van der Waals surface area contributed by atoms with Gasteiger partial charge in [0.2, 0.25) is 0 Å². The summed E-state index contributed by atoms with van der Waals surface area (Å²) in [5, 5.41) is 3.43. The fourth-order valence-electron chi connectivity index (χ4n) is 2.19. The van der Waals surface area contributed by atoms with E-state index in [1.165, 1.54) is 11.6 Å². The van der Waals surface area contributed by atoms with Crippen LogP contribution in [0.1, 0.15) is 24.1 Å². The van der Waals surface area contributed by atoms with Crippen molar-refractivity contribution in [2.24, 2.45) is 0 Å². The average molecular weight is 351 g/mol. The van der Waals surface area contributed by atoms with Gasteiger partial charge in [0.1, 0.15) is 5.82 Å². The van der Waals surface area contributed by atoms with Crippen LogP contribution in [0.3, 0.4) is 0 Å². The number of hydrogen-bond donors (Lipinski definition) is 1. The lowest BCUT2D eigenvalue weighted by atomic mass is 10.1. The molecule has 1 unspecified atom stereocenters. The Labute approximate surface area is 134 Å². The fourth-order valence-corrected chi connectivity index (χ4v) is 2.58. The molecule has 0 saturated carbocycles. The van der Waals surface area contributed by atoms with Gasteiger partial charge < -0.3 is 10.2 Å². The van der Waals surface area contributed by atoms with Gasteiger partial charge in [-0.25, -0.2) is 4.39 Å². The molecule has 0 bridgehead atoms. The van der Waals surface area contributed by atoms with E-state index in [1.807, 2.05) is 6.07 Å². The quantitative estimate of drug-likeness (QED) is 0.831. The molecular weight excluding hydrogens is 331 g/mol. The summed E-state index contributed by atoms with van der Waals surface area (Å²) in [6.45, 7) is 2.99. The summed E-state index contributed by atoms with van der Waals surface area (Å²) < 4.78 is 13.8. The van der Waals surface area contributed by atoms with E-state index < -0.39 is 0 Å². The van der Waals surface area contributed by atoms with Crippen LogP contribution in [0.4, 0.5) is 10.1 Å². The highest BCUT2D eigenvalue weighted by Gasteiger charge is 2.08. The van der Waals surface area contributed by atoms with Gasteiger partial charge >= 0.3 is 0 Å². The number of benzene rings is 2. The Bertz CT molecular complexity index is 596. The molecule has 0 aliphatic heterocycles. The van der Waals surface area contributed by atoms with Gasteiger partial charge in [0, 0.05) is 18.3 Å². The molecule has 1 N–H and O–H groups in total. The zero-order chi connectivity index (χ0) is 15.4. The second kappa shape index (κ2) is 7.05. The number of hydrogen-bond acceptors (Lipinski definition) is 2. The van der Waals surface area contributed by atoms with E-state index in [4.69, 9.17) is 0 Å².